The van der Waals surface area contributed by atoms with Gasteiger partial charge in [-0.15, -0.1) is 0 Å². The molecule has 0 aliphatic carbocycles. The molecular weight excluding hydrogens is 1100 g/mol. The second-order valence-electron chi connectivity index (χ2n) is 23.2. The molecule has 27 heteroatoms. The summed E-state index contributed by atoms with van der Waals surface area (Å²) in [5.74, 6) is -8.35. The van der Waals surface area contributed by atoms with Gasteiger partial charge in [0.2, 0.25) is 59.1 Å². The van der Waals surface area contributed by atoms with E-state index in [1.807, 2.05) is 41.5 Å². The van der Waals surface area contributed by atoms with Crippen molar-refractivity contribution in [3.8, 4) is 0 Å². The number of hydrogen-bond acceptors (Lipinski definition) is 15. The maximum absolute atomic E-state index is 14.6. The highest BCUT2D eigenvalue weighted by atomic mass is 16.3. The van der Waals surface area contributed by atoms with E-state index in [1.54, 1.807) is 13.8 Å². The number of primary amides is 1. The average Bonchev–Trinajstić information content (AvgIpc) is 3.61. The van der Waals surface area contributed by atoms with E-state index in [0.717, 1.165) is 38.5 Å². The van der Waals surface area contributed by atoms with Crippen molar-refractivity contribution < 1.29 is 53.1 Å². The number of hydrogen-bond donors (Lipinski definition) is 16. The Balaban J connectivity index is 7.00. The Kier molecular flexibility index (Phi) is 41.9. The van der Waals surface area contributed by atoms with E-state index in [1.165, 1.54) is 6.92 Å². The van der Waals surface area contributed by atoms with E-state index in [-0.39, 0.29) is 82.5 Å². The van der Waals surface area contributed by atoms with Crippen LogP contribution in [0.3, 0.4) is 0 Å². The summed E-state index contributed by atoms with van der Waals surface area (Å²) in [6.45, 7) is 16.4. The molecule has 11 atom stereocenters. The first-order chi connectivity index (χ1) is 40.2. The molecule has 85 heavy (non-hydrogen) atoms. The molecule has 0 aromatic carbocycles. The zero-order chi connectivity index (χ0) is 64.6. The van der Waals surface area contributed by atoms with Crippen LogP contribution < -0.4 is 82.3 Å². The van der Waals surface area contributed by atoms with Gasteiger partial charge in [-0.3, -0.25) is 52.9 Å². The highest BCUT2D eigenvalue weighted by molar-refractivity contribution is 5.98. The van der Waals surface area contributed by atoms with E-state index in [2.05, 4.69) is 52.8 Å². The predicted octanol–water partition coefficient (Wildman–Crippen LogP) is -0.435. The Bertz CT molecular complexity index is 2060. The molecular formula is C58H112N16O11. The van der Waals surface area contributed by atoms with Crippen molar-refractivity contribution >= 4 is 65.0 Å². The van der Waals surface area contributed by atoms with Crippen molar-refractivity contribution in [2.75, 3.05) is 26.2 Å². The minimum atomic E-state index is -1.63. The first-order valence-electron chi connectivity index (χ1n) is 31.1. The third kappa shape index (κ3) is 33.9. The van der Waals surface area contributed by atoms with Crippen molar-refractivity contribution in [3.63, 3.8) is 0 Å². The summed E-state index contributed by atoms with van der Waals surface area (Å²) in [4.78, 5) is 142. The lowest BCUT2D eigenvalue weighted by Crippen LogP contribution is -2.62. The van der Waals surface area contributed by atoms with Gasteiger partial charge in [-0.2, -0.15) is 0 Å². The van der Waals surface area contributed by atoms with Crippen LogP contribution in [0.4, 0.5) is 0 Å². The van der Waals surface area contributed by atoms with Gasteiger partial charge in [0, 0.05) is 6.54 Å². The van der Waals surface area contributed by atoms with Gasteiger partial charge >= 0.3 is 0 Å². The normalized spacial score (nSPS) is 15.2. The number of aliphatic imine (C=N–C) groups is 1. The van der Waals surface area contributed by atoms with Gasteiger partial charge in [-0.25, -0.2) is 0 Å². The van der Waals surface area contributed by atoms with Crippen LogP contribution in [-0.4, -0.2) is 157 Å². The highest BCUT2D eigenvalue weighted by Gasteiger charge is 2.37. The predicted molar refractivity (Wildman–Crippen MR) is 329 cm³/mol. The van der Waals surface area contributed by atoms with Gasteiger partial charge in [0.1, 0.15) is 54.4 Å². The van der Waals surface area contributed by atoms with E-state index in [0.29, 0.717) is 57.8 Å². The number of unbranched alkanes of at least 4 members (excludes halogenated alkanes) is 8. The standard InChI is InChI=1S/C58H112N16O11/c1-10-13-15-17-24-39(49(62)77)67-54(82)45(33-36(6)7)72-57(85)48(38(9)75)74-53(81)42(27-20-22-30-60)70-56(84)47(37(8)12-3)73-52(80)43(28-23-31-65-58(63)64)68-51(79)41(26-19-21-29-59)69-55(83)44(32-35(4)5)71-50(78)40(66-46(76)34-61)25-18-16-14-11-2/h35-45,47-48,75H,10-34,59-61H2,1-9H3,(H2,62,77)(H,66,76)(H,67,82)(H,68,79)(H,69,83)(H,70,84)(H,71,78)(H,72,85)(H,73,80)(H,74,81)(H4,63,64,65)/t37-,38+,39-,40-,41-,42-,43-,44-,45-,47-,48-/m0/s1. The molecule has 0 heterocycles. The van der Waals surface area contributed by atoms with Crippen LogP contribution in [0.1, 0.15) is 197 Å². The zero-order valence-electron chi connectivity index (χ0n) is 52.6. The molecule has 0 spiro atoms. The molecule has 27 nitrogen and oxygen atoms in total. The van der Waals surface area contributed by atoms with Crippen molar-refractivity contribution in [2.24, 2.45) is 57.1 Å². The summed E-state index contributed by atoms with van der Waals surface area (Å²) >= 11 is 0. The molecule has 0 saturated carbocycles. The number of amides is 10. The molecule has 0 rings (SSSR count). The lowest BCUT2D eigenvalue weighted by Gasteiger charge is -2.30. The van der Waals surface area contributed by atoms with Crippen molar-refractivity contribution in [1.29, 1.82) is 0 Å². The van der Waals surface area contributed by atoms with Gasteiger partial charge in [-0.1, -0.05) is 113 Å². The Morgan fingerprint density at radius 3 is 1.13 bits per heavy atom. The third-order valence-electron chi connectivity index (χ3n) is 14.5. The number of nitrogens with one attached hydrogen (secondary N) is 9. The maximum Gasteiger partial charge on any atom is 0.245 e. The van der Waals surface area contributed by atoms with Gasteiger partial charge < -0.3 is 87.4 Å². The van der Waals surface area contributed by atoms with E-state index in [4.69, 9.17) is 34.4 Å². The Hall–Kier alpha value is -6.19. The molecule has 490 valence electrons. The summed E-state index contributed by atoms with van der Waals surface area (Å²) in [6.07, 6.45) is 8.32. The number of aliphatic hydroxyl groups excluding tert-OH is 1. The Morgan fingerprint density at radius 1 is 0.400 bits per heavy atom. The van der Waals surface area contributed by atoms with Crippen LogP contribution in [0.5, 0.6) is 0 Å². The smallest absolute Gasteiger partial charge is 0.245 e. The van der Waals surface area contributed by atoms with Crippen LogP contribution in [0.15, 0.2) is 4.99 Å². The van der Waals surface area contributed by atoms with Crippen molar-refractivity contribution in [1.82, 2.24) is 47.9 Å². The van der Waals surface area contributed by atoms with Crippen LogP contribution in [0.2, 0.25) is 0 Å². The number of carbonyl (C=O) groups is 10. The number of rotatable bonds is 48. The maximum atomic E-state index is 14.6. The van der Waals surface area contributed by atoms with Crippen LogP contribution in [0.25, 0.3) is 0 Å². The second-order valence-corrected chi connectivity index (χ2v) is 23.2. The third-order valence-corrected chi connectivity index (χ3v) is 14.5. The minimum Gasteiger partial charge on any atom is -0.391 e. The summed E-state index contributed by atoms with van der Waals surface area (Å²) in [6, 6.07) is -11.1. The Labute approximate surface area is 505 Å². The fourth-order valence-electron chi connectivity index (χ4n) is 9.29. The molecule has 0 radical (unpaired) electrons. The molecule has 0 unspecified atom stereocenters. The van der Waals surface area contributed by atoms with Crippen LogP contribution >= 0.6 is 0 Å². The lowest BCUT2D eigenvalue weighted by atomic mass is 9.96. The minimum absolute atomic E-state index is 0.0160. The Morgan fingerprint density at radius 2 is 0.741 bits per heavy atom. The number of nitrogens with zero attached hydrogens (tertiary/aromatic N) is 1. The van der Waals surface area contributed by atoms with Crippen LogP contribution in [-0.2, 0) is 47.9 Å². The van der Waals surface area contributed by atoms with Crippen molar-refractivity contribution in [3.05, 3.63) is 0 Å². The summed E-state index contributed by atoms with van der Waals surface area (Å²) in [7, 11) is 0. The summed E-state index contributed by atoms with van der Waals surface area (Å²) in [5, 5.41) is 35.3. The molecule has 0 bridgehead atoms. The van der Waals surface area contributed by atoms with Gasteiger partial charge in [0.15, 0.2) is 5.96 Å². The molecule has 10 amide bonds. The fraction of sp³-hybridized carbons (Fsp3) is 0.810. The highest BCUT2D eigenvalue weighted by Crippen LogP contribution is 2.16. The number of aliphatic hydroxyl groups is 1. The van der Waals surface area contributed by atoms with E-state index >= 15 is 0 Å². The molecule has 0 fully saturated rings. The fourth-order valence-corrected chi connectivity index (χ4v) is 9.29. The summed E-state index contributed by atoms with van der Waals surface area (Å²) in [5.41, 5.74) is 34.0. The molecule has 0 aromatic heterocycles. The largest absolute Gasteiger partial charge is 0.391 e. The number of nitrogens with two attached hydrogens (primary N) is 6. The first kappa shape index (κ1) is 78.8. The molecule has 0 aliphatic heterocycles. The summed E-state index contributed by atoms with van der Waals surface area (Å²) < 4.78 is 0. The first-order valence-corrected chi connectivity index (χ1v) is 31.1. The lowest BCUT2D eigenvalue weighted by molar-refractivity contribution is -0.137. The quantitative estimate of drug-likeness (QED) is 0.0209. The SMILES string of the molecule is CCCCCC[C@H](NC(=O)[C@H](CC(C)C)NC(=O)[C@@H](NC(=O)[C@H](CCCCN)NC(=O)[C@@H](NC(=O)[C@H](CCCN=C(N)N)NC(=O)[C@H](CCCCN)NC(=O)[C@H](CC(C)C)NC(=O)[C@H](CCCCCC)NC(=O)CN)[C@@H](C)CC)[C@@H](C)O)C(N)=O. The second kappa shape index (κ2) is 45.2. The number of guanidine groups is 1. The van der Waals surface area contributed by atoms with Gasteiger partial charge in [-0.05, 0) is 115 Å². The van der Waals surface area contributed by atoms with E-state index < -0.39 is 125 Å². The van der Waals surface area contributed by atoms with Gasteiger partial charge in [0.05, 0.1) is 12.6 Å². The number of carbonyl (C=O) groups excluding carboxylic acids is 10. The molecule has 0 aliphatic rings. The molecule has 22 N–H and O–H groups in total. The molecule has 0 aromatic rings. The monoisotopic (exact) mass is 1210 g/mol. The van der Waals surface area contributed by atoms with E-state index in [9.17, 15) is 53.1 Å². The zero-order valence-corrected chi connectivity index (χ0v) is 52.6. The molecule has 0 saturated heterocycles. The topological polar surface area (TPSA) is 468 Å². The van der Waals surface area contributed by atoms with Crippen LogP contribution in [0, 0.1) is 17.8 Å². The van der Waals surface area contributed by atoms with Crippen molar-refractivity contribution in [2.45, 2.75) is 258 Å². The average molecular weight is 1210 g/mol. The van der Waals surface area contributed by atoms with Gasteiger partial charge in [0.25, 0.3) is 0 Å².